The molecule has 0 spiro atoms. The van der Waals surface area contributed by atoms with Gasteiger partial charge in [0.1, 0.15) is 0 Å². The quantitative estimate of drug-likeness (QED) is 0.735. The van der Waals surface area contributed by atoms with Crippen molar-refractivity contribution in [3.05, 3.63) is 29.6 Å². The zero-order chi connectivity index (χ0) is 12.8. The number of nitrogens with one attached hydrogen (secondary N) is 1. The largest absolute Gasteiger partial charge is 0.306 e. The first-order valence-corrected chi connectivity index (χ1v) is 7.51. The fourth-order valence-corrected chi connectivity index (χ4v) is 2.88. The van der Waals surface area contributed by atoms with Crippen molar-refractivity contribution in [2.75, 3.05) is 0 Å². The Morgan fingerprint density at radius 3 is 3.11 bits per heavy atom. The van der Waals surface area contributed by atoms with E-state index in [1.807, 2.05) is 6.20 Å². The Hall–Kier alpha value is -0.890. The minimum atomic E-state index is 0.488. The summed E-state index contributed by atoms with van der Waals surface area (Å²) >= 11 is 0. The summed E-state index contributed by atoms with van der Waals surface area (Å²) in [7, 11) is 0. The van der Waals surface area contributed by atoms with Gasteiger partial charge in [0.2, 0.25) is 0 Å². The van der Waals surface area contributed by atoms with E-state index in [0.717, 1.165) is 0 Å². The SMILES string of the molecule is CCCCCCC(C)NC1CCc2cccnc21. The standard InChI is InChI=1S/C16H26N2/c1-3-4-5-6-8-13(2)18-15-11-10-14-9-7-12-17-16(14)15/h7,9,12-13,15,18H,3-6,8,10-11H2,1-2H3. The first-order valence-electron chi connectivity index (χ1n) is 7.51. The maximum absolute atomic E-state index is 4.54. The highest BCUT2D eigenvalue weighted by molar-refractivity contribution is 5.27. The zero-order valence-electron chi connectivity index (χ0n) is 11.8. The van der Waals surface area contributed by atoms with Gasteiger partial charge in [0.05, 0.1) is 11.7 Å². The first-order chi connectivity index (χ1) is 8.81. The van der Waals surface area contributed by atoms with Crippen LogP contribution in [0.1, 0.15) is 69.7 Å². The Morgan fingerprint density at radius 1 is 1.39 bits per heavy atom. The molecule has 2 unspecified atom stereocenters. The van der Waals surface area contributed by atoms with Crippen molar-refractivity contribution in [2.24, 2.45) is 0 Å². The second kappa shape index (κ2) is 6.89. The number of aryl methyl sites for hydroxylation is 1. The lowest BCUT2D eigenvalue weighted by molar-refractivity contribution is 0.415. The average molecular weight is 246 g/mol. The van der Waals surface area contributed by atoms with E-state index in [4.69, 9.17) is 0 Å². The van der Waals surface area contributed by atoms with Gasteiger partial charge < -0.3 is 5.32 Å². The Balaban J connectivity index is 1.77. The molecule has 2 heteroatoms. The lowest BCUT2D eigenvalue weighted by atomic mass is 10.1. The molecule has 2 rings (SSSR count). The third-order valence-corrected chi connectivity index (χ3v) is 3.93. The minimum absolute atomic E-state index is 0.488. The topological polar surface area (TPSA) is 24.9 Å². The number of aromatic nitrogens is 1. The van der Waals surface area contributed by atoms with Gasteiger partial charge in [0.25, 0.3) is 0 Å². The molecule has 0 fully saturated rings. The van der Waals surface area contributed by atoms with E-state index in [0.29, 0.717) is 12.1 Å². The summed E-state index contributed by atoms with van der Waals surface area (Å²) in [4.78, 5) is 4.54. The second-order valence-electron chi connectivity index (χ2n) is 5.56. The summed E-state index contributed by atoms with van der Waals surface area (Å²) in [5.41, 5.74) is 2.73. The van der Waals surface area contributed by atoms with Crippen LogP contribution in [-0.2, 0) is 6.42 Å². The molecule has 1 aromatic heterocycles. The van der Waals surface area contributed by atoms with Gasteiger partial charge in [-0.3, -0.25) is 4.98 Å². The number of rotatable bonds is 7. The van der Waals surface area contributed by atoms with E-state index >= 15 is 0 Å². The van der Waals surface area contributed by atoms with Crippen LogP contribution < -0.4 is 5.32 Å². The molecule has 18 heavy (non-hydrogen) atoms. The van der Waals surface area contributed by atoms with Gasteiger partial charge in [-0.15, -0.1) is 0 Å². The fourth-order valence-electron chi connectivity index (χ4n) is 2.88. The molecule has 0 bridgehead atoms. The van der Waals surface area contributed by atoms with Gasteiger partial charge in [-0.2, -0.15) is 0 Å². The van der Waals surface area contributed by atoms with E-state index in [2.05, 4.69) is 36.3 Å². The Bertz CT molecular complexity index is 362. The fraction of sp³-hybridized carbons (Fsp3) is 0.688. The van der Waals surface area contributed by atoms with E-state index < -0.39 is 0 Å². The number of fused-ring (bicyclic) bond motifs is 1. The van der Waals surface area contributed by atoms with Crippen molar-refractivity contribution < 1.29 is 0 Å². The van der Waals surface area contributed by atoms with Crippen LogP contribution in [0.2, 0.25) is 0 Å². The van der Waals surface area contributed by atoms with Gasteiger partial charge in [0, 0.05) is 12.2 Å². The molecule has 1 aliphatic rings. The van der Waals surface area contributed by atoms with Crippen LogP contribution in [0.4, 0.5) is 0 Å². The van der Waals surface area contributed by atoms with E-state index in [9.17, 15) is 0 Å². The lowest BCUT2D eigenvalue weighted by Crippen LogP contribution is -2.29. The molecule has 0 aliphatic heterocycles. The predicted octanol–water partition coefficient (Wildman–Crippen LogP) is 4.02. The number of nitrogens with zero attached hydrogens (tertiary/aromatic N) is 1. The number of pyridine rings is 1. The van der Waals surface area contributed by atoms with Gasteiger partial charge in [-0.1, -0.05) is 38.7 Å². The maximum atomic E-state index is 4.54. The van der Waals surface area contributed by atoms with Crippen LogP contribution in [0.15, 0.2) is 18.3 Å². The first kappa shape index (κ1) is 13.5. The number of hydrogen-bond donors (Lipinski definition) is 1. The summed E-state index contributed by atoms with van der Waals surface area (Å²) in [5.74, 6) is 0. The Morgan fingerprint density at radius 2 is 2.28 bits per heavy atom. The molecular weight excluding hydrogens is 220 g/mol. The molecule has 0 saturated carbocycles. The molecule has 0 saturated heterocycles. The highest BCUT2D eigenvalue weighted by Gasteiger charge is 2.24. The lowest BCUT2D eigenvalue weighted by Gasteiger charge is -2.19. The van der Waals surface area contributed by atoms with Crippen LogP contribution in [0.25, 0.3) is 0 Å². The summed E-state index contributed by atoms with van der Waals surface area (Å²) < 4.78 is 0. The Kier molecular flexibility index (Phi) is 5.18. The van der Waals surface area contributed by atoms with Crippen molar-refractivity contribution in [1.29, 1.82) is 0 Å². The monoisotopic (exact) mass is 246 g/mol. The summed E-state index contributed by atoms with van der Waals surface area (Å²) in [6.07, 6.45) is 11.0. The van der Waals surface area contributed by atoms with E-state index in [1.165, 1.54) is 56.2 Å². The molecule has 1 aromatic rings. The van der Waals surface area contributed by atoms with E-state index in [1.54, 1.807) is 0 Å². The van der Waals surface area contributed by atoms with Gasteiger partial charge in [0.15, 0.2) is 0 Å². The van der Waals surface area contributed by atoms with Crippen molar-refractivity contribution in [1.82, 2.24) is 10.3 Å². The zero-order valence-corrected chi connectivity index (χ0v) is 11.8. The summed E-state index contributed by atoms with van der Waals surface area (Å²) in [5, 5.41) is 3.75. The van der Waals surface area contributed by atoms with Crippen LogP contribution in [0.5, 0.6) is 0 Å². The normalized spacial score (nSPS) is 19.8. The van der Waals surface area contributed by atoms with Crippen LogP contribution in [0, 0.1) is 0 Å². The van der Waals surface area contributed by atoms with Crippen molar-refractivity contribution >= 4 is 0 Å². The van der Waals surface area contributed by atoms with Crippen LogP contribution in [-0.4, -0.2) is 11.0 Å². The maximum Gasteiger partial charge on any atom is 0.0605 e. The van der Waals surface area contributed by atoms with Gasteiger partial charge in [-0.05, 0) is 37.8 Å². The summed E-state index contributed by atoms with van der Waals surface area (Å²) in [6.45, 7) is 4.58. The second-order valence-corrected chi connectivity index (χ2v) is 5.56. The third-order valence-electron chi connectivity index (χ3n) is 3.93. The Labute approximate surface area is 111 Å². The molecule has 1 aliphatic carbocycles. The van der Waals surface area contributed by atoms with E-state index in [-0.39, 0.29) is 0 Å². The third kappa shape index (κ3) is 3.55. The molecule has 2 nitrogen and oxygen atoms in total. The molecule has 100 valence electrons. The van der Waals surface area contributed by atoms with Gasteiger partial charge >= 0.3 is 0 Å². The molecule has 0 aromatic carbocycles. The highest BCUT2D eigenvalue weighted by atomic mass is 15.0. The van der Waals surface area contributed by atoms with Crippen LogP contribution >= 0.6 is 0 Å². The minimum Gasteiger partial charge on any atom is -0.306 e. The average Bonchev–Trinajstić information content (AvgIpc) is 2.78. The molecule has 1 heterocycles. The predicted molar refractivity (Wildman–Crippen MR) is 76.7 cm³/mol. The van der Waals surface area contributed by atoms with Crippen molar-refractivity contribution in [3.63, 3.8) is 0 Å². The van der Waals surface area contributed by atoms with Gasteiger partial charge in [-0.25, -0.2) is 0 Å². The molecule has 1 N–H and O–H groups in total. The van der Waals surface area contributed by atoms with Crippen molar-refractivity contribution in [3.8, 4) is 0 Å². The molecule has 0 amide bonds. The molecular formula is C16H26N2. The number of unbranched alkanes of at least 4 members (excludes halogenated alkanes) is 3. The highest BCUT2D eigenvalue weighted by Crippen LogP contribution is 2.29. The number of hydrogen-bond acceptors (Lipinski definition) is 2. The molecule has 2 atom stereocenters. The smallest absolute Gasteiger partial charge is 0.0605 e. The summed E-state index contributed by atoms with van der Waals surface area (Å²) in [6, 6.07) is 5.37. The van der Waals surface area contributed by atoms with Crippen molar-refractivity contribution in [2.45, 2.75) is 70.9 Å². The van der Waals surface area contributed by atoms with Crippen LogP contribution in [0.3, 0.4) is 0 Å². The molecule has 0 radical (unpaired) electrons.